The van der Waals surface area contributed by atoms with Crippen LogP contribution in [-0.4, -0.2) is 66.2 Å². The Morgan fingerprint density at radius 3 is 2.72 bits per heavy atom. The van der Waals surface area contributed by atoms with E-state index >= 15 is 0 Å². The van der Waals surface area contributed by atoms with E-state index in [1.807, 2.05) is 18.2 Å². The summed E-state index contributed by atoms with van der Waals surface area (Å²) in [6.07, 6.45) is 1.70. The highest BCUT2D eigenvalue weighted by Crippen LogP contribution is 2.32. The number of aromatic nitrogens is 4. The summed E-state index contributed by atoms with van der Waals surface area (Å²) in [7, 11) is 4.91. The largest absolute Gasteiger partial charge is 0.497 e. The van der Waals surface area contributed by atoms with Crippen molar-refractivity contribution in [3.8, 4) is 22.8 Å². The zero-order chi connectivity index (χ0) is 22.5. The van der Waals surface area contributed by atoms with Gasteiger partial charge in [-0.2, -0.15) is 5.10 Å². The van der Waals surface area contributed by atoms with Crippen LogP contribution in [0, 0.1) is 0 Å². The number of rotatable bonds is 7. The van der Waals surface area contributed by atoms with Crippen molar-refractivity contribution in [3.63, 3.8) is 0 Å². The fourth-order valence-electron chi connectivity index (χ4n) is 3.52. The summed E-state index contributed by atoms with van der Waals surface area (Å²) in [5, 5.41) is 7.37. The maximum Gasteiger partial charge on any atom is 0.269 e. The van der Waals surface area contributed by atoms with E-state index in [2.05, 4.69) is 25.3 Å². The van der Waals surface area contributed by atoms with Crippen LogP contribution in [0.4, 0.5) is 5.82 Å². The molecule has 0 atom stereocenters. The lowest BCUT2D eigenvalue weighted by Gasteiger charge is -2.27. The molecule has 1 aromatic carbocycles. The summed E-state index contributed by atoms with van der Waals surface area (Å²) >= 11 is 0. The van der Waals surface area contributed by atoms with Gasteiger partial charge >= 0.3 is 0 Å². The molecule has 1 N–H and O–H groups in total. The van der Waals surface area contributed by atoms with Crippen LogP contribution in [0.15, 0.2) is 36.5 Å². The number of nitrogens with zero attached hydrogens (tertiary/aromatic N) is 5. The first kappa shape index (κ1) is 21.6. The number of amides is 1. The number of benzene rings is 1. The third-order valence-electron chi connectivity index (χ3n) is 5.23. The molecule has 0 unspecified atom stereocenters. The Labute approximate surface area is 186 Å². The van der Waals surface area contributed by atoms with Crippen LogP contribution in [0.5, 0.6) is 11.5 Å². The molecule has 0 aliphatic carbocycles. The van der Waals surface area contributed by atoms with Crippen molar-refractivity contribution in [3.05, 3.63) is 48.0 Å². The molecular weight excluding hydrogens is 412 g/mol. The van der Waals surface area contributed by atoms with Gasteiger partial charge in [0.15, 0.2) is 0 Å². The molecule has 4 rings (SSSR count). The predicted molar refractivity (Wildman–Crippen MR) is 118 cm³/mol. The normalized spacial score (nSPS) is 13.7. The van der Waals surface area contributed by atoms with Crippen LogP contribution in [0.25, 0.3) is 11.3 Å². The number of ether oxygens (including phenoxy) is 3. The van der Waals surface area contributed by atoms with Gasteiger partial charge in [-0.3, -0.25) is 9.48 Å². The monoisotopic (exact) mass is 438 g/mol. The average Bonchev–Trinajstić information content (AvgIpc) is 3.24. The van der Waals surface area contributed by atoms with Crippen LogP contribution in [0.3, 0.4) is 0 Å². The Bertz CT molecular complexity index is 1090. The second kappa shape index (κ2) is 9.65. The lowest BCUT2D eigenvalue weighted by Crippen LogP contribution is -2.37. The van der Waals surface area contributed by atoms with Gasteiger partial charge in [-0.15, -0.1) is 0 Å². The van der Waals surface area contributed by atoms with Crippen molar-refractivity contribution >= 4 is 11.7 Å². The minimum Gasteiger partial charge on any atom is -0.497 e. The molecule has 1 fully saturated rings. The van der Waals surface area contributed by atoms with Gasteiger partial charge in [-0.05, 0) is 30.3 Å². The zero-order valence-electron chi connectivity index (χ0n) is 18.4. The van der Waals surface area contributed by atoms with Crippen molar-refractivity contribution in [1.29, 1.82) is 0 Å². The maximum absolute atomic E-state index is 12.8. The molecule has 0 spiro atoms. The SMILES string of the molecule is COc1ccc(OC)c(-c2cc(C(=O)NCc3nccc(N4CCOCC4)n3)n(C)n2)c1. The molecule has 10 heteroatoms. The minimum absolute atomic E-state index is 0.208. The molecule has 0 bridgehead atoms. The second-order valence-corrected chi connectivity index (χ2v) is 7.22. The molecule has 2 aromatic heterocycles. The number of hydrogen-bond donors (Lipinski definition) is 1. The number of anilines is 1. The van der Waals surface area contributed by atoms with Gasteiger partial charge in [0.05, 0.1) is 39.7 Å². The van der Waals surface area contributed by atoms with Crippen LogP contribution in [-0.2, 0) is 18.3 Å². The van der Waals surface area contributed by atoms with Crippen molar-refractivity contribution in [2.45, 2.75) is 6.54 Å². The smallest absolute Gasteiger partial charge is 0.269 e. The number of carbonyl (C=O) groups excluding carboxylic acids is 1. The van der Waals surface area contributed by atoms with Crippen molar-refractivity contribution in [2.24, 2.45) is 7.05 Å². The third kappa shape index (κ3) is 4.65. The van der Waals surface area contributed by atoms with Gasteiger partial charge in [-0.1, -0.05) is 0 Å². The van der Waals surface area contributed by atoms with Gasteiger partial charge in [0.1, 0.15) is 28.8 Å². The first-order chi connectivity index (χ1) is 15.6. The highest BCUT2D eigenvalue weighted by Gasteiger charge is 2.18. The van der Waals surface area contributed by atoms with Gasteiger partial charge in [-0.25, -0.2) is 9.97 Å². The molecule has 1 aliphatic heterocycles. The van der Waals surface area contributed by atoms with Crippen LogP contribution >= 0.6 is 0 Å². The zero-order valence-corrected chi connectivity index (χ0v) is 18.4. The number of aryl methyl sites for hydroxylation is 1. The molecular formula is C22H26N6O4. The Kier molecular flexibility index (Phi) is 6.50. The maximum atomic E-state index is 12.8. The van der Waals surface area contributed by atoms with Crippen LogP contribution in [0.1, 0.15) is 16.3 Å². The van der Waals surface area contributed by atoms with E-state index < -0.39 is 0 Å². The molecule has 1 amide bonds. The summed E-state index contributed by atoms with van der Waals surface area (Å²) in [5.74, 6) is 2.42. The van der Waals surface area contributed by atoms with Crippen LogP contribution in [0.2, 0.25) is 0 Å². The number of carbonyl (C=O) groups is 1. The second-order valence-electron chi connectivity index (χ2n) is 7.22. The van der Waals surface area contributed by atoms with Crippen molar-refractivity contribution < 1.29 is 19.0 Å². The number of nitrogens with one attached hydrogen (secondary N) is 1. The minimum atomic E-state index is -0.270. The Morgan fingerprint density at radius 1 is 1.16 bits per heavy atom. The standard InChI is InChI=1S/C22H26N6O4/c1-27-18(13-17(26-27)16-12-15(30-2)4-5-19(16)31-3)22(29)24-14-20-23-7-6-21(25-20)28-8-10-32-11-9-28/h4-7,12-13H,8-11,14H2,1-3H3,(H,24,29). The van der Waals surface area contributed by atoms with Crippen molar-refractivity contribution in [2.75, 3.05) is 45.4 Å². The highest BCUT2D eigenvalue weighted by atomic mass is 16.5. The molecule has 0 saturated carbocycles. The number of morpholine rings is 1. The van der Waals surface area contributed by atoms with E-state index in [0.717, 1.165) is 24.5 Å². The van der Waals surface area contributed by atoms with E-state index in [0.29, 0.717) is 41.9 Å². The van der Waals surface area contributed by atoms with Gasteiger partial charge in [0, 0.05) is 31.9 Å². The lowest BCUT2D eigenvalue weighted by atomic mass is 10.1. The highest BCUT2D eigenvalue weighted by molar-refractivity contribution is 5.93. The summed E-state index contributed by atoms with van der Waals surface area (Å²) in [6, 6.07) is 9.03. The summed E-state index contributed by atoms with van der Waals surface area (Å²) in [6.45, 7) is 3.14. The van der Waals surface area contributed by atoms with E-state index in [9.17, 15) is 4.79 Å². The Balaban J connectivity index is 1.48. The lowest BCUT2D eigenvalue weighted by molar-refractivity contribution is 0.0940. The first-order valence-corrected chi connectivity index (χ1v) is 10.3. The Morgan fingerprint density at radius 2 is 1.97 bits per heavy atom. The molecule has 32 heavy (non-hydrogen) atoms. The molecule has 168 valence electrons. The summed E-state index contributed by atoms with van der Waals surface area (Å²) in [4.78, 5) is 23.8. The quantitative estimate of drug-likeness (QED) is 0.594. The Hall–Kier alpha value is -3.66. The predicted octanol–water partition coefficient (Wildman–Crippen LogP) is 1.66. The topological polar surface area (TPSA) is 104 Å². The molecule has 10 nitrogen and oxygen atoms in total. The van der Waals surface area contributed by atoms with Crippen LogP contribution < -0.4 is 19.7 Å². The average molecular weight is 438 g/mol. The van der Waals surface area contributed by atoms with Gasteiger partial charge < -0.3 is 24.4 Å². The molecule has 1 saturated heterocycles. The fourth-order valence-corrected chi connectivity index (χ4v) is 3.52. The molecule has 1 aliphatic rings. The molecule has 0 radical (unpaired) electrons. The summed E-state index contributed by atoms with van der Waals surface area (Å²) < 4.78 is 17.7. The van der Waals surface area contributed by atoms with E-state index in [-0.39, 0.29) is 12.5 Å². The van der Waals surface area contributed by atoms with Gasteiger partial charge in [0.2, 0.25) is 0 Å². The third-order valence-corrected chi connectivity index (χ3v) is 5.23. The van der Waals surface area contributed by atoms with Crippen molar-refractivity contribution in [1.82, 2.24) is 25.1 Å². The fraction of sp³-hybridized carbons (Fsp3) is 0.364. The first-order valence-electron chi connectivity index (χ1n) is 10.3. The van der Waals surface area contributed by atoms with E-state index in [1.165, 1.54) is 4.68 Å². The van der Waals surface area contributed by atoms with Gasteiger partial charge in [0.25, 0.3) is 5.91 Å². The van der Waals surface area contributed by atoms with E-state index in [1.54, 1.807) is 39.6 Å². The molecule has 3 aromatic rings. The van der Waals surface area contributed by atoms with E-state index in [4.69, 9.17) is 14.2 Å². The number of hydrogen-bond acceptors (Lipinski definition) is 8. The number of methoxy groups -OCH3 is 2. The summed E-state index contributed by atoms with van der Waals surface area (Å²) in [5.41, 5.74) is 1.76. The molecule has 3 heterocycles.